The SMILES string of the molecule is CC(C)(Oc1ncc(-c2cnccn2)cc1F)C(F)(F)F. The number of pyridine rings is 1. The first-order chi connectivity index (χ1) is 9.71. The molecule has 2 aromatic heterocycles. The second-order valence-electron chi connectivity index (χ2n) is 4.71. The fourth-order valence-electron chi connectivity index (χ4n) is 1.39. The third-order valence-corrected chi connectivity index (χ3v) is 2.70. The number of halogens is 4. The molecule has 0 saturated heterocycles. The highest BCUT2D eigenvalue weighted by Crippen LogP contribution is 2.34. The van der Waals surface area contributed by atoms with Crippen molar-refractivity contribution in [3.63, 3.8) is 0 Å². The van der Waals surface area contributed by atoms with Crippen LogP contribution < -0.4 is 4.74 Å². The van der Waals surface area contributed by atoms with Crippen molar-refractivity contribution in [2.24, 2.45) is 0 Å². The standard InChI is InChI=1S/C13H11F4N3O/c1-12(2,13(15,16)17)21-11-9(14)5-8(6-20-11)10-7-18-3-4-19-10/h3-7H,1-2H3. The van der Waals surface area contributed by atoms with Crippen LogP contribution in [0.4, 0.5) is 17.6 Å². The van der Waals surface area contributed by atoms with Gasteiger partial charge in [-0.1, -0.05) is 0 Å². The van der Waals surface area contributed by atoms with Gasteiger partial charge in [0.2, 0.25) is 0 Å². The summed E-state index contributed by atoms with van der Waals surface area (Å²) in [6.45, 7) is 1.59. The second kappa shape index (κ2) is 5.27. The van der Waals surface area contributed by atoms with Gasteiger partial charge in [-0.2, -0.15) is 13.2 Å². The molecule has 0 radical (unpaired) electrons. The Labute approximate surface area is 117 Å². The van der Waals surface area contributed by atoms with Gasteiger partial charge in [0.25, 0.3) is 5.88 Å². The second-order valence-corrected chi connectivity index (χ2v) is 4.71. The number of hydrogen-bond donors (Lipinski definition) is 0. The molecule has 0 aliphatic rings. The van der Waals surface area contributed by atoms with Crippen LogP contribution >= 0.6 is 0 Å². The summed E-state index contributed by atoms with van der Waals surface area (Å²) in [5.41, 5.74) is -1.90. The number of nitrogens with zero attached hydrogens (tertiary/aromatic N) is 3. The molecular weight excluding hydrogens is 290 g/mol. The molecule has 0 amide bonds. The molecule has 0 aromatic carbocycles. The van der Waals surface area contributed by atoms with Crippen molar-refractivity contribution in [1.82, 2.24) is 15.0 Å². The summed E-state index contributed by atoms with van der Waals surface area (Å²) in [6, 6.07) is 0.999. The zero-order valence-corrected chi connectivity index (χ0v) is 11.1. The molecular formula is C13H11F4N3O. The predicted molar refractivity (Wildman–Crippen MR) is 66.0 cm³/mol. The molecule has 4 nitrogen and oxygen atoms in total. The van der Waals surface area contributed by atoms with Crippen molar-refractivity contribution in [3.8, 4) is 17.1 Å². The Bertz CT molecular complexity index is 629. The van der Waals surface area contributed by atoms with E-state index in [9.17, 15) is 17.6 Å². The Morgan fingerprint density at radius 1 is 1.05 bits per heavy atom. The van der Waals surface area contributed by atoms with Gasteiger partial charge in [-0.15, -0.1) is 0 Å². The molecule has 2 aromatic rings. The van der Waals surface area contributed by atoms with Gasteiger partial charge in [0, 0.05) is 24.2 Å². The van der Waals surface area contributed by atoms with Crippen LogP contribution in [0.1, 0.15) is 13.8 Å². The number of hydrogen-bond acceptors (Lipinski definition) is 4. The molecule has 2 heterocycles. The molecule has 112 valence electrons. The Morgan fingerprint density at radius 2 is 1.76 bits per heavy atom. The Hall–Kier alpha value is -2.25. The normalized spacial score (nSPS) is 12.3. The number of rotatable bonds is 3. The van der Waals surface area contributed by atoms with E-state index >= 15 is 0 Å². The Balaban J connectivity index is 2.29. The maximum absolute atomic E-state index is 13.9. The maximum atomic E-state index is 13.9. The lowest BCUT2D eigenvalue weighted by molar-refractivity contribution is -0.235. The number of ether oxygens (including phenoxy) is 1. The van der Waals surface area contributed by atoms with Crippen molar-refractivity contribution in [1.29, 1.82) is 0 Å². The quantitative estimate of drug-likeness (QED) is 0.815. The van der Waals surface area contributed by atoms with E-state index in [1.54, 1.807) is 0 Å². The third-order valence-electron chi connectivity index (χ3n) is 2.70. The monoisotopic (exact) mass is 301 g/mol. The molecule has 21 heavy (non-hydrogen) atoms. The summed E-state index contributed by atoms with van der Waals surface area (Å²) in [5, 5.41) is 0. The van der Waals surface area contributed by atoms with Crippen LogP contribution in [0.5, 0.6) is 5.88 Å². The summed E-state index contributed by atoms with van der Waals surface area (Å²) >= 11 is 0. The molecule has 8 heteroatoms. The van der Waals surface area contributed by atoms with Gasteiger partial charge in [-0.25, -0.2) is 9.37 Å². The van der Waals surface area contributed by atoms with Crippen LogP contribution in [0.25, 0.3) is 11.3 Å². The Morgan fingerprint density at radius 3 is 2.29 bits per heavy atom. The minimum absolute atomic E-state index is 0.290. The maximum Gasteiger partial charge on any atom is 0.427 e. The van der Waals surface area contributed by atoms with Crippen LogP contribution in [-0.4, -0.2) is 26.7 Å². The average molecular weight is 301 g/mol. The van der Waals surface area contributed by atoms with Gasteiger partial charge in [-0.3, -0.25) is 9.97 Å². The van der Waals surface area contributed by atoms with Gasteiger partial charge in [0.1, 0.15) is 0 Å². The fraction of sp³-hybridized carbons (Fsp3) is 0.308. The van der Waals surface area contributed by atoms with E-state index in [1.165, 1.54) is 24.8 Å². The largest absolute Gasteiger partial charge is 0.460 e. The fourth-order valence-corrected chi connectivity index (χ4v) is 1.39. The summed E-state index contributed by atoms with van der Waals surface area (Å²) in [4.78, 5) is 11.3. The van der Waals surface area contributed by atoms with Gasteiger partial charge in [0.15, 0.2) is 11.4 Å². The first-order valence-corrected chi connectivity index (χ1v) is 5.88. The molecule has 0 aliphatic carbocycles. The van der Waals surface area contributed by atoms with Gasteiger partial charge >= 0.3 is 6.18 Å². The smallest absolute Gasteiger partial charge is 0.427 e. The third kappa shape index (κ3) is 3.26. The van der Waals surface area contributed by atoms with Crippen LogP contribution in [0.3, 0.4) is 0 Å². The van der Waals surface area contributed by atoms with Crippen molar-refractivity contribution in [2.75, 3.05) is 0 Å². The summed E-state index contributed by atoms with van der Waals surface area (Å²) in [5.74, 6) is -1.72. The van der Waals surface area contributed by atoms with E-state index in [0.717, 1.165) is 19.9 Å². The molecule has 0 spiro atoms. The van der Waals surface area contributed by atoms with Gasteiger partial charge in [0.05, 0.1) is 11.9 Å². The number of alkyl halides is 3. The molecule has 0 fully saturated rings. The highest BCUT2D eigenvalue weighted by atomic mass is 19.4. The lowest BCUT2D eigenvalue weighted by Gasteiger charge is -2.28. The molecule has 0 bridgehead atoms. The van der Waals surface area contributed by atoms with E-state index < -0.39 is 23.5 Å². The lowest BCUT2D eigenvalue weighted by Crippen LogP contribution is -2.45. The molecule has 0 aliphatic heterocycles. The van der Waals surface area contributed by atoms with E-state index in [4.69, 9.17) is 0 Å². The van der Waals surface area contributed by atoms with E-state index in [1.807, 2.05) is 0 Å². The lowest BCUT2D eigenvalue weighted by atomic mass is 10.1. The van der Waals surface area contributed by atoms with Crippen molar-refractivity contribution in [2.45, 2.75) is 25.6 Å². The Kier molecular flexibility index (Phi) is 3.80. The zero-order valence-electron chi connectivity index (χ0n) is 11.1. The van der Waals surface area contributed by atoms with Crippen molar-refractivity contribution in [3.05, 3.63) is 36.7 Å². The molecule has 0 N–H and O–H groups in total. The molecule has 0 atom stereocenters. The zero-order chi connectivity index (χ0) is 15.7. The van der Waals surface area contributed by atoms with E-state index in [0.29, 0.717) is 5.69 Å². The van der Waals surface area contributed by atoms with Crippen LogP contribution in [-0.2, 0) is 0 Å². The highest BCUT2D eigenvalue weighted by molar-refractivity contribution is 5.57. The van der Waals surface area contributed by atoms with Crippen molar-refractivity contribution < 1.29 is 22.3 Å². The number of aromatic nitrogens is 3. The van der Waals surface area contributed by atoms with Crippen LogP contribution in [0.2, 0.25) is 0 Å². The highest BCUT2D eigenvalue weighted by Gasteiger charge is 2.50. The average Bonchev–Trinajstić information content (AvgIpc) is 2.40. The predicted octanol–water partition coefficient (Wildman–Crippen LogP) is 3.40. The van der Waals surface area contributed by atoms with Gasteiger partial charge in [-0.05, 0) is 19.9 Å². The van der Waals surface area contributed by atoms with E-state index in [-0.39, 0.29) is 5.56 Å². The molecule has 0 unspecified atom stereocenters. The topological polar surface area (TPSA) is 47.9 Å². The molecule has 2 rings (SSSR count). The first-order valence-electron chi connectivity index (χ1n) is 5.88. The minimum Gasteiger partial charge on any atom is -0.460 e. The minimum atomic E-state index is -4.65. The summed E-state index contributed by atoms with van der Waals surface area (Å²) in [6.07, 6.45) is 0.761. The summed E-state index contributed by atoms with van der Waals surface area (Å²) < 4.78 is 56.6. The molecule has 0 saturated carbocycles. The summed E-state index contributed by atoms with van der Waals surface area (Å²) in [7, 11) is 0. The van der Waals surface area contributed by atoms with Crippen molar-refractivity contribution >= 4 is 0 Å². The van der Waals surface area contributed by atoms with Crippen LogP contribution in [0.15, 0.2) is 30.9 Å². The van der Waals surface area contributed by atoms with Gasteiger partial charge < -0.3 is 4.74 Å². The first kappa shape index (κ1) is 15.1. The van der Waals surface area contributed by atoms with E-state index in [2.05, 4.69) is 19.7 Å². The van der Waals surface area contributed by atoms with Crippen LogP contribution in [0, 0.1) is 5.82 Å².